The average molecular weight is 247 g/mol. The predicted octanol–water partition coefficient (Wildman–Crippen LogP) is 2.45. The van der Waals surface area contributed by atoms with Crippen LogP contribution >= 0.6 is 11.6 Å². The third-order valence-electron chi connectivity index (χ3n) is 2.01. The monoisotopic (exact) mass is 246 g/mol. The SMILES string of the molecule is CCC(O)(O)c1ccccc1.CCOCCl. The zero-order valence-corrected chi connectivity index (χ0v) is 10.4. The molecule has 0 aliphatic carbocycles. The Morgan fingerprint density at radius 3 is 2.06 bits per heavy atom. The van der Waals surface area contributed by atoms with Gasteiger partial charge in [-0.25, -0.2) is 0 Å². The molecule has 0 heterocycles. The van der Waals surface area contributed by atoms with E-state index in [1.54, 1.807) is 31.2 Å². The number of alkyl halides is 1. The highest BCUT2D eigenvalue weighted by Crippen LogP contribution is 2.20. The van der Waals surface area contributed by atoms with Crippen LogP contribution in [0.2, 0.25) is 0 Å². The predicted molar refractivity (Wildman–Crippen MR) is 65.2 cm³/mol. The molecule has 0 spiro atoms. The maximum absolute atomic E-state index is 9.35. The Labute approximate surface area is 102 Å². The van der Waals surface area contributed by atoms with E-state index in [1.807, 2.05) is 13.0 Å². The summed E-state index contributed by atoms with van der Waals surface area (Å²) in [4.78, 5) is 0. The van der Waals surface area contributed by atoms with Crippen molar-refractivity contribution in [3.8, 4) is 0 Å². The smallest absolute Gasteiger partial charge is 0.189 e. The van der Waals surface area contributed by atoms with Gasteiger partial charge in [-0.05, 0) is 6.92 Å². The molecule has 0 amide bonds. The van der Waals surface area contributed by atoms with Crippen molar-refractivity contribution in [1.29, 1.82) is 0 Å². The molecule has 0 unspecified atom stereocenters. The average Bonchev–Trinajstić information content (AvgIpc) is 2.32. The van der Waals surface area contributed by atoms with Crippen LogP contribution in [0, 0.1) is 0 Å². The number of hydrogen-bond acceptors (Lipinski definition) is 3. The van der Waals surface area contributed by atoms with Crippen LogP contribution in [0.1, 0.15) is 25.8 Å². The molecule has 1 rings (SSSR count). The molecular formula is C12H19ClO3. The van der Waals surface area contributed by atoms with E-state index in [9.17, 15) is 10.2 Å². The topological polar surface area (TPSA) is 49.7 Å². The molecular weight excluding hydrogens is 228 g/mol. The summed E-state index contributed by atoms with van der Waals surface area (Å²) < 4.78 is 4.60. The molecule has 0 aromatic heterocycles. The lowest BCUT2D eigenvalue weighted by molar-refractivity contribution is -0.171. The van der Waals surface area contributed by atoms with Crippen LogP contribution in [0.5, 0.6) is 0 Å². The number of hydrogen-bond donors (Lipinski definition) is 2. The van der Waals surface area contributed by atoms with Crippen molar-refractivity contribution in [1.82, 2.24) is 0 Å². The van der Waals surface area contributed by atoms with Gasteiger partial charge in [0.1, 0.15) is 6.07 Å². The summed E-state index contributed by atoms with van der Waals surface area (Å²) in [6.07, 6.45) is 0.303. The Morgan fingerprint density at radius 1 is 1.19 bits per heavy atom. The summed E-state index contributed by atoms with van der Waals surface area (Å²) in [6, 6.07) is 9.12. The molecule has 3 nitrogen and oxygen atoms in total. The Kier molecular flexibility index (Phi) is 8.21. The second kappa shape index (κ2) is 8.53. The Balaban J connectivity index is 0.000000385. The van der Waals surface area contributed by atoms with E-state index >= 15 is 0 Å². The maximum atomic E-state index is 9.35. The summed E-state index contributed by atoms with van der Waals surface area (Å²) in [5.74, 6) is -1.67. The molecule has 16 heavy (non-hydrogen) atoms. The molecule has 0 bridgehead atoms. The van der Waals surface area contributed by atoms with Crippen LogP contribution in [-0.2, 0) is 10.5 Å². The third-order valence-corrected chi connectivity index (χ3v) is 2.16. The van der Waals surface area contributed by atoms with Crippen molar-refractivity contribution < 1.29 is 14.9 Å². The number of benzene rings is 1. The summed E-state index contributed by atoms with van der Waals surface area (Å²) in [6.45, 7) is 4.35. The van der Waals surface area contributed by atoms with E-state index in [1.165, 1.54) is 0 Å². The summed E-state index contributed by atoms with van der Waals surface area (Å²) in [5, 5.41) is 18.7. The second-order valence-electron chi connectivity index (χ2n) is 3.14. The van der Waals surface area contributed by atoms with Gasteiger partial charge in [-0.3, -0.25) is 0 Å². The van der Waals surface area contributed by atoms with Gasteiger partial charge in [-0.2, -0.15) is 0 Å². The number of ether oxygens (including phenoxy) is 1. The highest BCUT2D eigenvalue weighted by Gasteiger charge is 2.21. The molecule has 1 aromatic carbocycles. The first-order valence-electron chi connectivity index (χ1n) is 5.22. The zero-order valence-electron chi connectivity index (χ0n) is 9.69. The molecule has 2 N–H and O–H groups in total. The fourth-order valence-corrected chi connectivity index (χ4v) is 1.14. The van der Waals surface area contributed by atoms with Crippen LogP contribution < -0.4 is 0 Å². The van der Waals surface area contributed by atoms with Crippen molar-refractivity contribution in [3.05, 3.63) is 35.9 Å². The minimum absolute atomic E-state index is 0.303. The van der Waals surface area contributed by atoms with Crippen LogP contribution in [0.3, 0.4) is 0 Å². The molecule has 0 aliphatic rings. The molecule has 0 saturated carbocycles. The van der Waals surface area contributed by atoms with E-state index in [0.717, 1.165) is 0 Å². The molecule has 0 aliphatic heterocycles. The molecule has 92 valence electrons. The highest BCUT2D eigenvalue weighted by atomic mass is 35.5. The van der Waals surface area contributed by atoms with Crippen molar-refractivity contribution >= 4 is 11.6 Å². The van der Waals surface area contributed by atoms with Crippen molar-refractivity contribution in [2.45, 2.75) is 26.1 Å². The van der Waals surface area contributed by atoms with Crippen LogP contribution in [0.25, 0.3) is 0 Å². The molecule has 0 saturated heterocycles. The van der Waals surface area contributed by atoms with Gasteiger partial charge >= 0.3 is 0 Å². The minimum atomic E-state index is -1.67. The normalized spacial score (nSPS) is 10.6. The van der Waals surface area contributed by atoms with Gasteiger partial charge in [0.25, 0.3) is 0 Å². The Hall–Kier alpha value is -0.610. The lowest BCUT2D eigenvalue weighted by atomic mass is 10.0. The molecule has 4 heteroatoms. The van der Waals surface area contributed by atoms with E-state index in [-0.39, 0.29) is 0 Å². The second-order valence-corrected chi connectivity index (χ2v) is 3.36. The first-order chi connectivity index (χ1) is 7.58. The zero-order chi connectivity index (χ0) is 12.4. The van der Waals surface area contributed by atoms with Crippen molar-refractivity contribution in [3.63, 3.8) is 0 Å². The maximum Gasteiger partial charge on any atom is 0.189 e. The van der Waals surface area contributed by atoms with Gasteiger partial charge in [0, 0.05) is 18.6 Å². The lowest BCUT2D eigenvalue weighted by Crippen LogP contribution is -2.23. The van der Waals surface area contributed by atoms with Crippen molar-refractivity contribution in [2.24, 2.45) is 0 Å². The number of rotatable bonds is 4. The summed E-state index contributed by atoms with van der Waals surface area (Å²) in [5.41, 5.74) is 0.544. The van der Waals surface area contributed by atoms with Crippen molar-refractivity contribution in [2.75, 3.05) is 12.7 Å². The first kappa shape index (κ1) is 15.4. The van der Waals surface area contributed by atoms with Crippen LogP contribution in [0.4, 0.5) is 0 Å². The van der Waals surface area contributed by atoms with Gasteiger partial charge in [-0.15, -0.1) is 0 Å². The van der Waals surface area contributed by atoms with Gasteiger partial charge in [0.05, 0.1) is 0 Å². The Bertz CT molecular complexity index is 260. The van der Waals surface area contributed by atoms with E-state index in [2.05, 4.69) is 4.74 Å². The molecule has 0 radical (unpaired) electrons. The van der Waals surface area contributed by atoms with Gasteiger partial charge in [-0.1, -0.05) is 48.9 Å². The number of aliphatic hydroxyl groups is 2. The Morgan fingerprint density at radius 2 is 1.75 bits per heavy atom. The fraction of sp³-hybridized carbons (Fsp3) is 0.500. The van der Waals surface area contributed by atoms with Gasteiger partial charge in [0.2, 0.25) is 0 Å². The highest BCUT2D eigenvalue weighted by molar-refractivity contribution is 6.17. The number of halogens is 1. The first-order valence-corrected chi connectivity index (χ1v) is 5.75. The van der Waals surface area contributed by atoms with Crippen LogP contribution in [-0.4, -0.2) is 22.9 Å². The van der Waals surface area contributed by atoms with E-state index in [4.69, 9.17) is 11.6 Å². The standard InChI is InChI=1S/C9H12O2.C3H7ClO/c1-2-9(10,11)8-6-4-3-5-7-8;1-2-5-3-4/h3-7,10-11H,2H2,1H3;2-3H2,1H3. The quantitative estimate of drug-likeness (QED) is 0.634. The summed E-state index contributed by atoms with van der Waals surface area (Å²) >= 11 is 5.08. The lowest BCUT2D eigenvalue weighted by Gasteiger charge is -2.19. The summed E-state index contributed by atoms with van der Waals surface area (Å²) in [7, 11) is 0. The molecule has 0 atom stereocenters. The largest absolute Gasteiger partial charge is 0.366 e. The fourth-order valence-electron chi connectivity index (χ4n) is 0.986. The third kappa shape index (κ3) is 6.08. The molecule has 1 aromatic rings. The van der Waals surface area contributed by atoms with Gasteiger partial charge < -0.3 is 14.9 Å². The minimum Gasteiger partial charge on any atom is -0.366 e. The van der Waals surface area contributed by atoms with E-state index in [0.29, 0.717) is 24.7 Å². The van der Waals surface area contributed by atoms with Gasteiger partial charge in [0.15, 0.2) is 5.79 Å². The molecule has 0 fully saturated rings. The van der Waals surface area contributed by atoms with Crippen LogP contribution in [0.15, 0.2) is 30.3 Å². The van der Waals surface area contributed by atoms with E-state index < -0.39 is 5.79 Å².